The summed E-state index contributed by atoms with van der Waals surface area (Å²) in [5, 5.41) is 0. The first-order valence-corrected chi connectivity index (χ1v) is 5.56. The molecule has 0 radical (unpaired) electrons. The van der Waals surface area contributed by atoms with E-state index in [-0.39, 0.29) is 22.2 Å². The Morgan fingerprint density at radius 1 is 1.00 bits per heavy atom. The largest absolute Gasteiger partial charge is 0.446 e. The summed E-state index contributed by atoms with van der Waals surface area (Å²) in [5.74, 6) is 0. The summed E-state index contributed by atoms with van der Waals surface area (Å²) in [4.78, 5) is -0.0922. The van der Waals surface area contributed by atoms with Crippen LogP contribution in [0.2, 0.25) is 0 Å². The predicted octanol–water partition coefficient (Wildman–Crippen LogP) is 4.25. The number of alkyl halides is 6. The second-order valence-electron chi connectivity index (χ2n) is 3.54. The van der Waals surface area contributed by atoms with E-state index in [1.54, 1.807) is 0 Å². The van der Waals surface area contributed by atoms with Crippen LogP contribution in [0.4, 0.5) is 26.3 Å². The van der Waals surface area contributed by atoms with Gasteiger partial charge in [-0.05, 0) is 29.5 Å². The maximum absolute atomic E-state index is 12.1. The number of rotatable bonds is 3. The molecular weight excluding hydrogens is 280 g/mol. The topological polar surface area (TPSA) is 26.0 Å². The van der Waals surface area contributed by atoms with Gasteiger partial charge in [-0.1, -0.05) is 12.1 Å². The molecule has 1 atom stereocenters. The lowest BCUT2D eigenvalue weighted by molar-refractivity contribution is -0.138. The molecule has 0 amide bonds. The SMILES string of the molecule is N[C@H](CC(F)(F)F)c1ccc(SC(F)(F)F)cc1. The lowest BCUT2D eigenvalue weighted by Gasteiger charge is -2.14. The third-order valence-electron chi connectivity index (χ3n) is 1.99. The molecule has 0 saturated carbocycles. The molecule has 8 heteroatoms. The predicted molar refractivity (Wildman–Crippen MR) is 56.0 cm³/mol. The highest BCUT2D eigenvalue weighted by molar-refractivity contribution is 8.00. The highest BCUT2D eigenvalue weighted by atomic mass is 32.2. The Kier molecular flexibility index (Phi) is 4.55. The fourth-order valence-electron chi connectivity index (χ4n) is 1.28. The highest BCUT2D eigenvalue weighted by Crippen LogP contribution is 2.37. The number of hydrogen-bond acceptors (Lipinski definition) is 2. The van der Waals surface area contributed by atoms with Crippen LogP contribution in [0.3, 0.4) is 0 Å². The second-order valence-corrected chi connectivity index (χ2v) is 4.68. The van der Waals surface area contributed by atoms with Gasteiger partial charge in [0.1, 0.15) is 0 Å². The molecular formula is C10H9F6NS. The smallest absolute Gasteiger partial charge is 0.324 e. The molecule has 0 aliphatic heterocycles. The summed E-state index contributed by atoms with van der Waals surface area (Å²) >= 11 is -0.329. The van der Waals surface area contributed by atoms with Gasteiger partial charge < -0.3 is 5.73 Å². The normalized spacial score (nSPS) is 14.6. The Bertz CT molecular complexity index is 383. The summed E-state index contributed by atoms with van der Waals surface area (Å²) in [7, 11) is 0. The van der Waals surface area contributed by atoms with Crippen LogP contribution in [0.1, 0.15) is 18.0 Å². The first-order chi connectivity index (χ1) is 8.07. The molecule has 1 aromatic rings. The van der Waals surface area contributed by atoms with Gasteiger partial charge in [-0.15, -0.1) is 0 Å². The Labute approximate surface area is 103 Å². The van der Waals surface area contributed by atoms with E-state index in [4.69, 9.17) is 5.73 Å². The van der Waals surface area contributed by atoms with Gasteiger partial charge in [0.2, 0.25) is 0 Å². The van der Waals surface area contributed by atoms with Crippen molar-refractivity contribution in [1.29, 1.82) is 0 Å². The Morgan fingerprint density at radius 2 is 1.50 bits per heavy atom. The molecule has 102 valence electrons. The van der Waals surface area contributed by atoms with Crippen LogP contribution in [-0.4, -0.2) is 11.7 Å². The van der Waals surface area contributed by atoms with Crippen molar-refractivity contribution in [3.05, 3.63) is 29.8 Å². The number of benzene rings is 1. The van der Waals surface area contributed by atoms with Gasteiger partial charge in [0.15, 0.2) is 0 Å². The van der Waals surface area contributed by atoms with Gasteiger partial charge in [0.25, 0.3) is 0 Å². The van der Waals surface area contributed by atoms with Gasteiger partial charge in [-0.3, -0.25) is 0 Å². The minimum atomic E-state index is -4.42. The van der Waals surface area contributed by atoms with E-state index in [2.05, 4.69) is 0 Å². The lowest BCUT2D eigenvalue weighted by atomic mass is 10.0. The van der Waals surface area contributed by atoms with E-state index in [0.717, 1.165) is 12.1 Å². The minimum absolute atomic E-state index is 0.0922. The van der Waals surface area contributed by atoms with Crippen molar-refractivity contribution in [3.8, 4) is 0 Å². The van der Waals surface area contributed by atoms with Gasteiger partial charge in [0, 0.05) is 10.9 Å². The Hall–Kier alpha value is -0.890. The summed E-state index contributed by atoms with van der Waals surface area (Å²) in [6.45, 7) is 0. The molecule has 0 aromatic heterocycles. The van der Waals surface area contributed by atoms with Crippen LogP contribution in [0.15, 0.2) is 29.2 Å². The standard InChI is InChI=1S/C10H9F6NS/c11-9(12,13)5-8(17)6-1-3-7(4-2-6)18-10(14,15)16/h1-4,8H,5,17H2/t8-/m1/s1. The molecule has 1 nitrogen and oxygen atoms in total. The van der Waals surface area contributed by atoms with Crippen molar-refractivity contribution in [2.45, 2.75) is 29.0 Å². The zero-order valence-electron chi connectivity index (χ0n) is 8.85. The van der Waals surface area contributed by atoms with E-state index in [1.807, 2.05) is 0 Å². The number of hydrogen-bond donors (Lipinski definition) is 1. The third kappa shape index (κ3) is 5.63. The van der Waals surface area contributed by atoms with Gasteiger partial charge in [-0.25, -0.2) is 0 Å². The summed E-state index contributed by atoms with van der Waals surface area (Å²) in [6.07, 6.45) is -5.61. The highest BCUT2D eigenvalue weighted by Gasteiger charge is 2.31. The molecule has 0 heterocycles. The summed E-state index contributed by atoms with van der Waals surface area (Å²) in [6, 6.07) is 3.28. The fourth-order valence-corrected chi connectivity index (χ4v) is 1.82. The molecule has 0 spiro atoms. The van der Waals surface area contributed by atoms with Crippen molar-refractivity contribution in [2.24, 2.45) is 5.73 Å². The van der Waals surface area contributed by atoms with E-state index in [1.165, 1.54) is 12.1 Å². The van der Waals surface area contributed by atoms with Crippen molar-refractivity contribution in [2.75, 3.05) is 0 Å². The van der Waals surface area contributed by atoms with Crippen LogP contribution in [0, 0.1) is 0 Å². The maximum Gasteiger partial charge on any atom is 0.446 e. The van der Waals surface area contributed by atoms with Crippen molar-refractivity contribution in [3.63, 3.8) is 0 Å². The first-order valence-electron chi connectivity index (χ1n) is 4.75. The van der Waals surface area contributed by atoms with E-state index < -0.39 is 24.1 Å². The number of halogens is 6. The molecule has 1 rings (SSSR count). The monoisotopic (exact) mass is 289 g/mol. The molecule has 2 N–H and O–H groups in total. The van der Waals surface area contributed by atoms with Crippen molar-refractivity contribution in [1.82, 2.24) is 0 Å². The second kappa shape index (κ2) is 5.40. The van der Waals surface area contributed by atoms with E-state index in [0.29, 0.717) is 0 Å². The van der Waals surface area contributed by atoms with E-state index in [9.17, 15) is 26.3 Å². The zero-order valence-corrected chi connectivity index (χ0v) is 9.66. The number of nitrogens with two attached hydrogens (primary N) is 1. The van der Waals surface area contributed by atoms with E-state index >= 15 is 0 Å². The van der Waals surface area contributed by atoms with Crippen LogP contribution < -0.4 is 5.73 Å². The Balaban J connectivity index is 2.71. The molecule has 18 heavy (non-hydrogen) atoms. The van der Waals surface area contributed by atoms with Gasteiger partial charge in [-0.2, -0.15) is 26.3 Å². The average Bonchev–Trinajstić information content (AvgIpc) is 2.13. The summed E-state index contributed by atoms with van der Waals surface area (Å²) in [5.41, 5.74) is 1.04. The molecule has 0 bridgehead atoms. The molecule has 0 saturated heterocycles. The average molecular weight is 289 g/mol. The number of thioether (sulfide) groups is 1. The van der Waals surface area contributed by atoms with Crippen LogP contribution in [0.25, 0.3) is 0 Å². The van der Waals surface area contributed by atoms with Gasteiger partial charge in [0.05, 0.1) is 6.42 Å². The van der Waals surface area contributed by atoms with Crippen molar-refractivity contribution >= 4 is 11.8 Å². The van der Waals surface area contributed by atoms with Crippen LogP contribution in [0.5, 0.6) is 0 Å². The molecule has 0 aliphatic carbocycles. The van der Waals surface area contributed by atoms with Crippen LogP contribution in [-0.2, 0) is 0 Å². The Morgan fingerprint density at radius 3 is 1.89 bits per heavy atom. The lowest BCUT2D eigenvalue weighted by Crippen LogP contribution is -2.20. The summed E-state index contributed by atoms with van der Waals surface area (Å²) < 4.78 is 72.2. The minimum Gasteiger partial charge on any atom is -0.324 e. The first kappa shape index (κ1) is 15.2. The maximum atomic E-state index is 12.1. The molecule has 0 fully saturated rings. The van der Waals surface area contributed by atoms with Crippen molar-refractivity contribution < 1.29 is 26.3 Å². The fraction of sp³-hybridized carbons (Fsp3) is 0.400. The van der Waals surface area contributed by atoms with Gasteiger partial charge >= 0.3 is 11.7 Å². The quantitative estimate of drug-likeness (QED) is 0.665. The molecule has 0 aliphatic rings. The van der Waals surface area contributed by atoms with Crippen LogP contribution >= 0.6 is 11.8 Å². The third-order valence-corrected chi connectivity index (χ3v) is 2.73. The zero-order chi connectivity index (χ0) is 14.0. The molecule has 0 unspecified atom stereocenters. The molecule has 1 aromatic carbocycles.